The Kier molecular flexibility index (Phi) is 9.82. The first-order chi connectivity index (χ1) is 22.2. The summed E-state index contributed by atoms with van der Waals surface area (Å²) in [6.07, 6.45) is 10.0. The molecule has 5 N–H and O–H groups in total. The average Bonchev–Trinajstić information content (AvgIpc) is 3.26. The highest BCUT2D eigenvalue weighted by molar-refractivity contribution is 7.92. The molecule has 4 unspecified atom stereocenters. The van der Waals surface area contributed by atoms with Gasteiger partial charge in [-0.1, -0.05) is 59.3 Å². The Morgan fingerprint density at radius 3 is 1.94 bits per heavy atom. The Morgan fingerprint density at radius 1 is 0.854 bits per heavy atom. The van der Waals surface area contributed by atoms with Gasteiger partial charge in [-0.05, 0) is 87.9 Å². The fourth-order valence-corrected chi connectivity index (χ4v) is 10.7. The van der Waals surface area contributed by atoms with Gasteiger partial charge in [0.05, 0.1) is 16.0 Å². The topological polar surface area (TPSA) is 185 Å². The molecule has 270 valence electrons. The summed E-state index contributed by atoms with van der Waals surface area (Å²) in [5.41, 5.74) is 3.66. The number of hydrogen-bond donors (Lipinski definition) is 4. The molecule has 0 aromatic heterocycles. The number of nitrogens with zero attached hydrogens (tertiary/aromatic N) is 1. The van der Waals surface area contributed by atoms with E-state index in [0.717, 1.165) is 51.4 Å². The molecular weight excluding hydrogens is 634 g/mol. The number of carbonyl (C=O) groups excluding carboxylic acids is 5. The summed E-state index contributed by atoms with van der Waals surface area (Å²) >= 11 is 0. The summed E-state index contributed by atoms with van der Waals surface area (Å²) in [5.74, 6) is -3.00. The molecule has 5 aliphatic rings. The third kappa shape index (κ3) is 6.86. The molecule has 4 aliphatic carbocycles. The molecule has 1 saturated heterocycles. The molecule has 4 saturated carbocycles. The number of likely N-dealkylation sites (tertiary alicyclic amines) is 1. The van der Waals surface area contributed by atoms with Gasteiger partial charge in [-0.3, -0.25) is 19.2 Å². The maximum atomic E-state index is 14.5. The van der Waals surface area contributed by atoms with E-state index in [1.807, 2.05) is 20.8 Å². The lowest BCUT2D eigenvalue weighted by molar-refractivity contribution is -0.145. The number of nitrogens with two attached hydrogens (primary N) is 1. The van der Waals surface area contributed by atoms with Crippen molar-refractivity contribution in [1.82, 2.24) is 20.9 Å². The highest BCUT2D eigenvalue weighted by Crippen LogP contribution is 2.72. The average molecular weight is 692 g/mol. The fraction of sp³-hybridized carbons (Fsp3) is 0.857. The van der Waals surface area contributed by atoms with Gasteiger partial charge in [0.1, 0.15) is 18.1 Å². The maximum Gasteiger partial charge on any atom is 0.315 e. The molecule has 5 amide bonds. The number of piperidine rings is 1. The number of nitrogens with one attached hydrogen (secondary N) is 3. The second-order valence-corrected chi connectivity index (χ2v) is 20.3. The second kappa shape index (κ2) is 12.9. The number of hydrogen-bond acceptors (Lipinski definition) is 7. The van der Waals surface area contributed by atoms with Crippen molar-refractivity contribution in [2.75, 3.05) is 12.3 Å². The number of fused-ring (bicyclic) bond motifs is 3. The second-order valence-electron chi connectivity index (χ2n) is 17.5. The van der Waals surface area contributed by atoms with E-state index in [4.69, 9.17) is 5.73 Å². The summed E-state index contributed by atoms with van der Waals surface area (Å²) in [7, 11) is -3.56. The first-order valence-electron chi connectivity index (χ1n) is 18.0. The zero-order chi connectivity index (χ0) is 35.4. The Bertz CT molecular complexity index is 1410. The number of urea groups is 1. The van der Waals surface area contributed by atoms with Gasteiger partial charge in [-0.25, -0.2) is 13.2 Å². The van der Waals surface area contributed by atoms with E-state index in [1.54, 1.807) is 25.7 Å². The van der Waals surface area contributed by atoms with E-state index in [0.29, 0.717) is 32.2 Å². The van der Waals surface area contributed by atoms with Crippen LogP contribution in [0.5, 0.6) is 0 Å². The highest BCUT2D eigenvalue weighted by atomic mass is 32.2. The zero-order valence-corrected chi connectivity index (χ0v) is 30.5. The molecule has 5 rings (SSSR count). The van der Waals surface area contributed by atoms with Gasteiger partial charge in [-0.15, -0.1) is 0 Å². The minimum absolute atomic E-state index is 0.00755. The molecule has 1 aliphatic heterocycles. The zero-order valence-electron chi connectivity index (χ0n) is 29.7. The third-order valence-electron chi connectivity index (χ3n) is 12.3. The molecule has 0 aromatic rings. The maximum absolute atomic E-state index is 14.5. The Balaban J connectivity index is 1.38. The van der Waals surface area contributed by atoms with Crippen molar-refractivity contribution >= 4 is 39.4 Å². The van der Waals surface area contributed by atoms with Gasteiger partial charge in [0.25, 0.3) is 5.91 Å². The predicted octanol–water partition coefficient (Wildman–Crippen LogP) is 2.97. The molecule has 12 nitrogen and oxygen atoms in total. The van der Waals surface area contributed by atoms with Crippen LogP contribution in [0, 0.1) is 28.6 Å². The van der Waals surface area contributed by atoms with Gasteiger partial charge < -0.3 is 26.6 Å². The van der Waals surface area contributed by atoms with Crippen LogP contribution < -0.4 is 21.7 Å². The van der Waals surface area contributed by atoms with Gasteiger partial charge >= 0.3 is 6.03 Å². The van der Waals surface area contributed by atoms with Crippen LogP contribution in [-0.2, 0) is 29.0 Å². The van der Waals surface area contributed by atoms with E-state index in [1.165, 1.54) is 0 Å². The van der Waals surface area contributed by atoms with Crippen molar-refractivity contribution in [3.63, 3.8) is 0 Å². The van der Waals surface area contributed by atoms with Crippen LogP contribution in [0.25, 0.3) is 0 Å². The van der Waals surface area contributed by atoms with Gasteiger partial charge in [-0.2, -0.15) is 0 Å². The molecule has 5 fully saturated rings. The summed E-state index contributed by atoms with van der Waals surface area (Å²) in [5, 5.41) is 8.78. The normalized spacial score (nSPS) is 27.7. The molecule has 1 heterocycles. The van der Waals surface area contributed by atoms with E-state index in [2.05, 4.69) is 16.0 Å². The van der Waals surface area contributed by atoms with Crippen LogP contribution >= 0.6 is 0 Å². The molecule has 13 heteroatoms. The first kappa shape index (κ1) is 36.6. The lowest BCUT2D eigenvalue weighted by Crippen LogP contribution is -2.64. The standard InChI is InChI=1S/C35H57N5O7S/c1-32(2,3)27(38-31(45)39-34(15-8-7-9-16-34)20-48(46,47)33(4,5)6)30(44)40-19-22-23(35(22)17-10-11-18-35)25(40)29(43)37-24(21-13-12-14-21)26(41)28(36)42/h21-25,27H,7-20H2,1-6H3,(H2,36,42)(H,37,43)(H2,38,39,45)/t22?,23?,24?,25?,27-/m1/s1. The van der Waals surface area contributed by atoms with Crippen LogP contribution in [0.4, 0.5) is 4.79 Å². The van der Waals surface area contributed by atoms with Crippen LogP contribution in [0.2, 0.25) is 0 Å². The van der Waals surface area contributed by atoms with Crippen LogP contribution in [0.15, 0.2) is 0 Å². The molecule has 48 heavy (non-hydrogen) atoms. The van der Waals surface area contributed by atoms with Gasteiger partial charge in [0.2, 0.25) is 17.6 Å². The molecular formula is C35H57N5O7S. The van der Waals surface area contributed by atoms with Crippen molar-refractivity contribution in [2.24, 2.45) is 34.3 Å². The molecule has 0 bridgehead atoms. The lowest BCUT2D eigenvalue weighted by atomic mass is 9.78. The quantitative estimate of drug-likeness (QED) is 0.254. The number of rotatable bonds is 10. The summed E-state index contributed by atoms with van der Waals surface area (Å²) < 4.78 is 25.6. The third-order valence-corrected chi connectivity index (χ3v) is 15.1. The first-order valence-corrected chi connectivity index (χ1v) is 19.6. The largest absolute Gasteiger partial charge is 0.363 e. The minimum Gasteiger partial charge on any atom is -0.363 e. The minimum atomic E-state index is -3.56. The molecule has 0 radical (unpaired) electrons. The van der Waals surface area contributed by atoms with Crippen molar-refractivity contribution in [3.05, 3.63) is 0 Å². The summed E-state index contributed by atoms with van der Waals surface area (Å²) in [6, 6.07) is -3.47. The number of sulfone groups is 1. The van der Waals surface area contributed by atoms with Crippen molar-refractivity contribution < 1.29 is 32.4 Å². The van der Waals surface area contributed by atoms with Crippen molar-refractivity contribution in [2.45, 2.75) is 147 Å². The van der Waals surface area contributed by atoms with Crippen molar-refractivity contribution in [1.29, 1.82) is 0 Å². The van der Waals surface area contributed by atoms with E-state index in [-0.39, 0.29) is 34.8 Å². The Labute approximate surface area is 285 Å². The van der Waals surface area contributed by atoms with Gasteiger partial charge in [0, 0.05) is 6.54 Å². The monoisotopic (exact) mass is 691 g/mol. The number of ketones is 1. The molecule has 5 atom stereocenters. The van der Waals surface area contributed by atoms with Crippen LogP contribution in [0.3, 0.4) is 0 Å². The number of carbonyl (C=O) groups is 5. The fourth-order valence-electron chi connectivity index (χ4n) is 9.13. The van der Waals surface area contributed by atoms with E-state index in [9.17, 15) is 32.4 Å². The van der Waals surface area contributed by atoms with E-state index >= 15 is 0 Å². The lowest BCUT2D eigenvalue weighted by Gasteiger charge is -2.41. The number of primary amides is 1. The van der Waals surface area contributed by atoms with Crippen LogP contribution in [0.1, 0.15) is 119 Å². The molecule has 1 spiro atoms. The molecule has 0 aromatic carbocycles. The van der Waals surface area contributed by atoms with Gasteiger partial charge in [0.15, 0.2) is 9.84 Å². The van der Waals surface area contributed by atoms with Crippen LogP contribution in [-0.4, -0.2) is 83.6 Å². The highest BCUT2D eigenvalue weighted by Gasteiger charge is 2.74. The van der Waals surface area contributed by atoms with E-state index < -0.39 is 67.3 Å². The number of amides is 5. The SMILES string of the molecule is CC(C)(C)[C@H](NC(=O)NC1(CS(=O)(=O)C(C)(C)C)CCCCC1)C(=O)N1CC2C(C1C(=O)NC(C(=O)C(N)=O)C1CCC1)C21CCCC1. The van der Waals surface area contributed by atoms with Crippen molar-refractivity contribution in [3.8, 4) is 0 Å². The Hall–Kier alpha value is -2.70. The smallest absolute Gasteiger partial charge is 0.315 e. The predicted molar refractivity (Wildman–Crippen MR) is 181 cm³/mol. The number of Topliss-reactive ketones (excluding diaryl/α,β-unsaturated/α-hetero) is 1. The summed E-state index contributed by atoms with van der Waals surface area (Å²) in [4.78, 5) is 68.8. The summed E-state index contributed by atoms with van der Waals surface area (Å²) in [6.45, 7) is 10.9. The Morgan fingerprint density at radius 2 is 1.44 bits per heavy atom.